The zero-order chi connectivity index (χ0) is 11.3. The maximum Gasteiger partial charge on any atom is 0.189 e. The van der Waals surface area contributed by atoms with Gasteiger partial charge in [0.1, 0.15) is 18.7 Å². The first-order valence-corrected chi connectivity index (χ1v) is 5.06. The van der Waals surface area contributed by atoms with Crippen molar-refractivity contribution in [3.8, 4) is 0 Å². The summed E-state index contributed by atoms with van der Waals surface area (Å²) in [6.07, 6.45) is 1.53. The fraction of sp³-hybridized carbons (Fsp3) is 0.667. The van der Waals surface area contributed by atoms with Crippen molar-refractivity contribution in [2.24, 2.45) is 10.7 Å². The monoisotopic (exact) mass is 338 g/mol. The summed E-state index contributed by atoms with van der Waals surface area (Å²) in [5, 5.41) is 7.06. The van der Waals surface area contributed by atoms with Gasteiger partial charge < -0.3 is 11.1 Å². The molecule has 0 bridgehead atoms. The Bertz CT molecular complexity index is 332. The molecule has 0 fully saturated rings. The van der Waals surface area contributed by atoms with Crippen LogP contribution >= 0.6 is 24.0 Å². The molecule has 92 valence electrons. The van der Waals surface area contributed by atoms with Gasteiger partial charge >= 0.3 is 0 Å². The van der Waals surface area contributed by atoms with Crippen LogP contribution in [0, 0.1) is 0 Å². The minimum absolute atomic E-state index is 0. The van der Waals surface area contributed by atoms with Crippen molar-refractivity contribution in [3.63, 3.8) is 0 Å². The lowest BCUT2D eigenvalue weighted by atomic mass is 10.4. The molecule has 0 aliphatic rings. The van der Waals surface area contributed by atoms with E-state index in [1.165, 1.54) is 6.33 Å². The highest BCUT2D eigenvalue weighted by Crippen LogP contribution is 1.95. The van der Waals surface area contributed by atoms with Gasteiger partial charge in [0.05, 0.1) is 0 Å². The number of guanidine groups is 1. The smallest absolute Gasteiger partial charge is 0.189 e. The van der Waals surface area contributed by atoms with Gasteiger partial charge in [0.25, 0.3) is 0 Å². The zero-order valence-electron chi connectivity index (χ0n) is 9.84. The van der Waals surface area contributed by atoms with Crippen molar-refractivity contribution in [2.75, 3.05) is 0 Å². The van der Waals surface area contributed by atoms with E-state index in [-0.39, 0.29) is 30.0 Å². The molecule has 0 atom stereocenters. The molecule has 1 rings (SSSR count). The molecule has 0 amide bonds. The number of aromatic nitrogens is 3. The molecule has 1 aromatic rings. The number of nitrogens with one attached hydrogen (secondary N) is 1. The third-order valence-electron chi connectivity index (χ3n) is 1.82. The standard InChI is InChI=1S/C9H18N6.HI/c1-4-15-8(12-6-13-15)5-11-9(10)14-7(2)3;/h6-7H,4-5H2,1-3H3,(H3,10,11,14);1H. The molecule has 1 heterocycles. The molecule has 0 aliphatic carbocycles. The van der Waals surface area contributed by atoms with E-state index < -0.39 is 0 Å². The lowest BCUT2D eigenvalue weighted by molar-refractivity contribution is 0.615. The van der Waals surface area contributed by atoms with Crippen molar-refractivity contribution < 1.29 is 0 Å². The number of aliphatic imine (C=N–C) groups is 1. The van der Waals surface area contributed by atoms with Crippen molar-refractivity contribution >= 4 is 29.9 Å². The Labute approximate surface area is 113 Å². The molecule has 6 nitrogen and oxygen atoms in total. The molecular weight excluding hydrogens is 319 g/mol. The molecule has 0 radical (unpaired) electrons. The van der Waals surface area contributed by atoms with Crippen LogP contribution in [-0.2, 0) is 13.1 Å². The van der Waals surface area contributed by atoms with E-state index in [9.17, 15) is 0 Å². The van der Waals surface area contributed by atoms with Crippen LogP contribution in [0.5, 0.6) is 0 Å². The van der Waals surface area contributed by atoms with E-state index >= 15 is 0 Å². The summed E-state index contributed by atoms with van der Waals surface area (Å²) in [4.78, 5) is 8.27. The Morgan fingerprint density at radius 1 is 1.62 bits per heavy atom. The van der Waals surface area contributed by atoms with Gasteiger partial charge in [0.15, 0.2) is 5.96 Å². The maximum absolute atomic E-state index is 5.66. The average molecular weight is 338 g/mol. The molecule has 0 unspecified atom stereocenters. The number of hydrogen-bond donors (Lipinski definition) is 2. The van der Waals surface area contributed by atoms with E-state index in [0.717, 1.165) is 12.4 Å². The lowest BCUT2D eigenvalue weighted by Crippen LogP contribution is -2.36. The summed E-state index contributed by atoms with van der Waals surface area (Å²) in [5.74, 6) is 1.27. The molecule has 0 saturated heterocycles. The number of nitrogens with two attached hydrogens (primary N) is 1. The largest absolute Gasteiger partial charge is 0.370 e. The van der Waals surface area contributed by atoms with Gasteiger partial charge in [-0.2, -0.15) is 5.10 Å². The van der Waals surface area contributed by atoms with Crippen molar-refractivity contribution in [1.82, 2.24) is 20.1 Å². The van der Waals surface area contributed by atoms with Crippen LogP contribution in [0.1, 0.15) is 26.6 Å². The van der Waals surface area contributed by atoms with Crippen molar-refractivity contribution in [3.05, 3.63) is 12.2 Å². The molecular formula is C9H19IN6. The van der Waals surface area contributed by atoms with E-state index in [2.05, 4.69) is 20.4 Å². The zero-order valence-corrected chi connectivity index (χ0v) is 12.2. The van der Waals surface area contributed by atoms with Crippen LogP contribution < -0.4 is 11.1 Å². The highest BCUT2D eigenvalue weighted by atomic mass is 127. The topological polar surface area (TPSA) is 81.1 Å². The molecule has 0 aliphatic heterocycles. The van der Waals surface area contributed by atoms with Crippen molar-refractivity contribution in [2.45, 2.75) is 39.9 Å². The number of halogens is 1. The van der Waals surface area contributed by atoms with E-state index in [4.69, 9.17) is 5.73 Å². The first-order chi connectivity index (χ1) is 7.13. The van der Waals surface area contributed by atoms with Gasteiger partial charge in [0, 0.05) is 12.6 Å². The molecule has 0 spiro atoms. The average Bonchev–Trinajstić information content (AvgIpc) is 2.60. The summed E-state index contributed by atoms with van der Waals surface area (Å²) in [5.41, 5.74) is 5.66. The quantitative estimate of drug-likeness (QED) is 0.482. The molecule has 7 heteroatoms. The number of hydrogen-bond acceptors (Lipinski definition) is 3. The third kappa shape index (κ3) is 4.77. The van der Waals surface area contributed by atoms with Crippen LogP contribution in [0.15, 0.2) is 11.3 Å². The first-order valence-electron chi connectivity index (χ1n) is 5.06. The van der Waals surface area contributed by atoms with E-state index in [1.54, 1.807) is 4.68 Å². The minimum Gasteiger partial charge on any atom is -0.370 e. The highest BCUT2D eigenvalue weighted by Gasteiger charge is 2.01. The molecule has 0 aromatic carbocycles. The molecule has 3 N–H and O–H groups in total. The Kier molecular flexibility index (Phi) is 7.02. The van der Waals surface area contributed by atoms with Gasteiger partial charge in [-0.25, -0.2) is 14.7 Å². The summed E-state index contributed by atoms with van der Waals surface area (Å²) in [6.45, 7) is 7.28. The maximum atomic E-state index is 5.66. The Morgan fingerprint density at radius 3 is 2.88 bits per heavy atom. The minimum atomic E-state index is 0. The van der Waals surface area contributed by atoms with E-state index in [1.807, 2.05) is 20.8 Å². The first kappa shape index (κ1) is 15.1. The summed E-state index contributed by atoms with van der Waals surface area (Å²) in [7, 11) is 0. The van der Waals surface area contributed by atoms with Gasteiger partial charge in [-0.3, -0.25) is 0 Å². The van der Waals surface area contributed by atoms with Crippen LogP contribution in [0.4, 0.5) is 0 Å². The Hall–Kier alpha value is -0.860. The van der Waals surface area contributed by atoms with Gasteiger partial charge in [-0.1, -0.05) is 0 Å². The predicted molar refractivity (Wildman–Crippen MR) is 74.7 cm³/mol. The summed E-state index contributed by atoms with van der Waals surface area (Å²) < 4.78 is 1.80. The van der Waals surface area contributed by atoms with Crippen LogP contribution in [0.2, 0.25) is 0 Å². The summed E-state index contributed by atoms with van der Waals surface area (Å²) in [6, 6.07) is 0.290. The SMILES string of the molecule is CCn1ncnc1CN=C(N)NC(C)C.I. The highest BCUT2D eigenvalue weighted by molar-refractivity contribution is 14.0. The predicted octanol–water partition coefficient (Wildman–Crippen LogP) is 0.729. The normalized spacial score (nSPS) is 11.4. The van der Waals surface area contributed by atoms with E-state index in [0.29, 0.717) is 12.5 Å². The number of aryl methyl sites for hydroxylation is 1. The Balaban J connectivity index is 0.00000225. The summed E-state index contributed by atoms with van der Waals surface area (Å²) >= 11 is 0. The number of rotatable bonds is 4. The van der Waals surface area contributed by atoms with Gasteiger partial charge in [0.2, 0.25) is 0 Å². The molecule has 0 saturated carbocycles. The second-order valence-corrected chi connectivity index (χ2v) is 3.49. The third-order valence-corrected chi connectivity index (χ3v) is 1.82. The van der Waals surface area contributed by atoms with Crippen LogP contribution in [-0.4, -0.2) is 26.8 Å². The fourth-order valence-electron chi connectivity index (χ4n) is 1.17. The Morgan fingerprint density at radius 2 is 2.31 bits per heavy atom. The lowest BCUT2D eigenvalue weighted by Gasteiger charge is -2.08. The van der Waals surface area contributed by atoms with Crippen LogP contribution in [0.25, 0.3) is 0 Å². The van der Waals surface area contributed by atoms with Gasteiger partial charge in [-0.15, -0.1) is 24.0 Å². The molecule has 16 heavy (non-hydrogen) atoms. The van der Waals surface area contributed by atoms with Gasteiger partial charge in [-0.05, 0) is 20.8 Å². The second kappa shape index (κ2) is 7.42. The fourth-order valence-corrected chi connectivity index (χ4v) is 1.17. The number of nitrogens with zero attached hydrogens (tertiary/aromatic N) is 4. The molecule has 1 aromatic heterocycles. The second-order valence-electron chi connectivity index (χ2n) is 3.49. The van der Waals surface area contributed by atoms with Crippen molar-refractivity contribution in [1.29, 1.82) is 0 Å². The van der Waals surface area contributed by atoms with Crippen LogP contribution in [0.3, 0.4) is 0 Å².